The molecule has 0 amide bonds. The molecule has 3 nitrogen and oxygen atoms in total. The first-order chi connectivity index (χ1) is 3.41. The maximum Gasteiger partial charge on any atom is 0.00750 e. The molecule has 0 saturated carbocycles. The summed E-state index contributed by atoms with van der Waals surface area (Å²) in [5.41, 5.74) is 10.3. The van der Waals surface area contributed by atoms with E-state index in [9.17, 15) is 0 Å². The minimum atomic E-state index is 0. The third-order valence-electron chi connectivity index (χ3n) is 0.642. The summed E-state index contributed by atoms with van der Waals surface area (Å²) in [7, 11) is 0. The molecule has 0 aromatic rings. The predicted molar refractivity (Wildman–Crippen MR) is 31.0 cm³/mol. The summed E-state index contributed by atoms with van der Waals surface area (Å²) in [4.78, 5) is 0. The van der Waals surface area contributed by atoms with Crippen molar-refractivity contribution in [1.29, 1.82) is 0 Å². The zero-order valence-corrected chi connectivity index (χ0v) is 7.11. The van der Waals surface area contributed by atoms with E-state index < -0.39 is 0 Å². The second-order valence-corrected chi connectivity index (χ2v) is 1.33. The summed E-state index contributed by atoms with van der Waals surface area (Å²) >= 11 is 0. The Hall–Kier alpha value is 1.20. The van der Waals surface area contributed by atoms with Crippen LogP contribution in [-0.4, -0.2) is 26.2 Å². The molecule has 0 aliphatic heterocycles. The Bertz CT molecular complexity index is 30.5. The number of rotatable bonds is 4. The van der Waals surface area contributed by atoms with E-state index in [1.807, 2.05) is 0 Å². The van der Waals surface area contributed by atoms with Crippen LogP contribution < -0.4 is 16.8 Å². The van der Waals surface area contributed by atoms with Gasteiger partial charge in [0.2, 0.25) is 0 Å². The Morgan fingerprint density at radius 3 is 1.62 bits per heavy atom. The number of nitrogens with one attached hydrogen (secondary N) is 1. The molecule has 5 N–H and O–H groups in total. The van der Waals surface area contributed by atoms with E-state index in [4.69, 9.17) is 11.5 Å². The molecular formula is C4H13GdN3. The average Bonchev–Trinajstić information content (AvgIpc) is 1.69. The fraction of sp³-hybridized carbons (Fsp3) is 1.00. The summed E-state index contributed by atoms with van der Waals surface area (Å²) in [6.45, 7) is 3.13. The Balaban J connectivity index is 0. The summed E-state index contributed by atoms with van der Waals surface area (Å²) < 4.78 is 0. The topological polar surface area (TPSA) is 64.1 Å². The quantitative estimate of drug-likeness (QED) is 0.539. The van der Waals surface area contributed by atoms with Crippen LogP contribution in [0.15, 0.2) is 0 Å². The molecule has 0 radical (unpaired) electrons. The molecule has 0 aliphatic rings. The van der Waals surface area contributed by atoms with E-state index in [1.54, 1.807) is 0 Å². The van der Waals surface area contributed by atoms with Crippen molar-refractivity contribution in [2.24, 2.45) is 11.5 Å². The molecule has 0 atom stereocenters. The van der Waals surface area contributed by atoms with Crippen LogP contribution in [0.5, 0.6) is 0 Å². The molecule has 0 aromatic heterocycles. The fourth-order valence-electron chi connectivity index (χ4n) is 0.329. The minimum absolute atomic E-state index is 0. The van der Waals surface area contributed by atoms with Gasteiger partial charge in [-0.25, -0.2) is 0 Å². The van der Waals surface area contributed by atoms with Crippen LogP contribution in [0.25, 0.3) is 0 Å². The average molecular weight is 260 g/mol. The van der Waals surface area contributed by atoms with Gasteiger partial charge in [0.1, 0.15) is 0 Å². The van der Waals surface area contributed by atoms with Crippen LogP contribution in [-0.2, 0) is 0 Å². The van der Waals surface area contributed by atoms with Gasteiger partial charge in [0.15, 0.2) is 0 Å². The van der Waals surface area contributed by atoms with Crippen molar-refractivity contribution in [1.82, 2.24) is 5.32 Å². The van der Waals surface area contributed by atoms with Gasteiger partial charge in [-0.15, -0.1) is 0 Å². The first kappa shape index (κ1) is 11.9. The zero-order valence-electron chi connectivity index (χ0n) is 4.84. The van der Waals surface area contributed by atoms with Gasteiger partial charge in [-0.3, -0.25) is 0 Å². The summed E-state index contributed by atoms with van der Waals surface area (Å²) in [6.07, 6.45) is 0. The van der Waals surface area contributed by atoms with E-state index in [2.05, 4.69) is 5.32 Å². The third kappa shape index (κ3) is 10.2. The largest absolute Gasteiger partial charge is 0.329 e. The smallest absolute Gasteiger partial charge is 0.00750 e. The van der Waals surface area contributed by atoms with Crippen molar-refractivity contribution in [2.75, 3.05) is 26.2 Å². The van der Waals surface area contributed by atoms with Crippen LogP contribution in [0, 0.1) is 39.9 Å². The Morgan fingerprint density at radius 2 is 1.38 bits per heavy atom. The molecule has 0 spiro atoms. The maximum atomic E-state index is 5.17. The zero-order chi connectivity index (χ0) is 5.54. The van der Waals surface area contributed by atoms with Gasteiger partial charge < -0.3 is 16.8 Å². The van der Waals surface area contributed by atoms with Gasteiger partial charge in [0.05, 0.1) is 0 Å². The number of hydrogen-bond acceptors (Lipinski definition) is 3. The van der Waals surface area contributed by atoms with Gasteiger partial charge >= 0.3 is 0 Å². The molecule has 0 bridgehead atoms. The first-order valence-electron chi connectivity index (χ1n) is 2.52. The van der Waals surface area contributed by atoms with Crippen molar-refractivity contribution in [3.05, 3.63) is 0 Å². The molecule has 0 unspecified atom stereocenters. The monoisotopic (exact) mass is 261 g/mol. The minimum Gasteiger partial charge on any atom is -0.329 e. The van der Waals surface area contributed by atoms with Crippen molar-refractivity contribution >= 4 is 0 Å². The third-order valence-corrected chi connectivity index (χ3v) is 0.642. The van der Waals surface area contributed by atoms with Crippen molar-refractivity contribution in [3.63, 3.8) is 0 Å². The molecule has 0 aliphatic carbocycles. The van der Waals surface area contributed by atoms with Gasteiger partial charge in [0.25, 0.3) is 0 Å². The summed E-state index contributed by atoms with van der Waals surface area (Å²) in [5, 5.41) is 3.03. The Kier molecular flexibility index (Phi) is 16.5. The van der Waals surface area contributed by atoms with E-state index in [-0.39, 0.29) is 39.9 Å². The molecule has 52 valence electrons. The van der Waals surface area contributed by atoms with Crippen molar-refractivity contribution in [3.8, 4) is 0 Å². The molecule has 0 rings (SSSR count). The summed E-state index contributed by atoms with van der Waals surface area (Å²) in [6, 6.07) is 0. The predicted octanol–water partition coefficient (Wildman–Crippen LogP) is -1.51. The van der Waals surface area contributed by atoms with Crippen LogP contribution >= 0.6 is 0 Å². The van der Waals surface area contributed by atoms with Crippen LogP contribution in [0.4, 0.5) is 0 Å². The van der Waals surface area contributed by atoms with Gasteiger partial charge in [-0.05, 0) is 0 Å². The molecule has 4 heteroatoms. The van der Waals surface area contributed by atoms with Crippen molar-refractivity contribution < 1.29 is 39.9 Å². The standard InChI is InChI=1S/C4H13N3.Gd/c5-1-3-7-4-2-6;/h7H,1-6H2;. The van der Waals surface area contributed by atoms with Gasteiger partial charge in [-0.1, -0.05) is 0 Å². The van der Waals surface area contributed by atoms with E-state index >= 15 is 0 Å². The summed E-state index contributed by atoms with van der Waals surface area (Å²) in [5.74, 6) is 0. The second kappa shape index (κ2) is 11.1. The SMILES string of the molecule is NCCNCCN.[Gd]. The molecule has 0 aromatic carbocycles. The maximum absolute atomic E-state index is 5.17. The number of nitrogens with two attached hydrogens (primary N) is 2. The van der Waals surface area contributed by atoms with Gasteiger partial charge in [0, 0.05) is 66.1 Å². The van der Waals surface area contributed by atoms with Crippen LogP contribution in [0.2, 0.25) is 0 Å². The molecule has 0 heterocycles. The second-order valence-electron chi connectivity index (χ2n) is 1.33. The molecule has 8 heavy (non-hydrogen) atoms. The fourth-order valence-corrected chi connectivity index (χ4v) is 0.329. The normalized spacial score (nSPS) is 8.25. The van der Waals surface area contributed by atoms with Crippen LogP contribution in [0.1, 0.15) is 0 Å². The van der Waals surface area contributed by atoms with Gasteiger partial charge in [-0.2, -0.15) is 0 Å². The van der Waals surface area contributed by atoms with Crippen LogP contribution in [0.3, 0.4) is 0 Å². The van der Waals surface area contributed by atoms with Crippen molar-refractivity contribution in [2.45, 2.75) is 0 Å². The van der Waals surface area contributed by atoms with E-state index in [1.165, 1.54) is 0 Å². The van der Waals surface area contributed by atoms with E-state index in [0.29, 0.717) is 13.1 Å². The first-order valence-corrected chi connectivity index (χ1v) is 2.52. The molecular weight excluding hydrogens is 247 g/mol. The Labute approximate surface area is 82.2 Å². The Morgan fingerprint density at radius 1 is 1.00 bits per heavy atom. The molecule has 0 saturated heterocycles. The van der Waals surface area contributed by atoms with E-state index in [0.717, 1.165) is 13.1 Å². The molecule has 0 fully saturated rings. The number of hydrogen-bond donors (Lipinski definition) is 3.